The van der Waals surface area contributed by atoms with Crippen LogP contribution in [-0.4, -0.2) is 42.0 Å². The number of anilines is 1. The fourth-order valence-corrected chi connectivity index (χ4v) is 5.03. The van der Waals surface area contributed by atoms with Crippen molar-refractivity contribution in [3.8, 4) is 0 Å². The molecular formula is C19H27N3S. The van der Waals surface area contributed by atoms with E-state index < -0.39 is 0 Å². The van der Waals surface area contributed by atoms with Crippen LogP contribution in [0.25, 0.3) is 10.1 Å². The van der Waals surface area contributed by atoms with Crippen molar-refractivity contribution in [3.63, 3.8) is 0 Å². The van der Waals surface area contributed by atoms with Crippen molar-refractivity contribution in [1.29, 1.82) is 0 Å². The van der Waals surface area contributed by atoms with Gasteiger partial charge in [-0.05, 0) is 41.9 Å². The van der Waals surface area contributed by atoms with Crippen molar-refractivity contribution in [1.82, 2.24) is 9.27 Å². The molecule has 124 valence electrons. The van der Waals surface area contributed by atoms with Gasteiger partial charge in [0.15, 0.2) is 0 Å². The van der Waals surface area contributed by atoms with E-state index in [9.17, 15) is 0 Å². The van der Waals surface area contributed by atoms with E-state index in [-0.39, 0.29) is 0 Å². The molecular weight excluding hydrogens is 302 g/mol. The minimum atomic E-state index is 0.921. The number of fused-ring (bicyclic) bond motifs is 1. The lowest BCUT2D eigenvalue weighted by atomic mass is 9.80. The number of benzene rings is 1. The zero-order valence-corrected chi connectivity index (χ0v) is 14.9. The molecule has 1 aliphatic heterocycles. The average molecular weight is 330 g/mol. The van der Waals surface area contributed by atoms with Gasteiger partial charge in [0.25, 0.3) is 0 Å². The monoisotopic (exact) mass is 329 g/mol. The van der Waals surface area contributed by atoms with E-state index in [0.29, 0.717) is 0 Å². The Bertz CT molecular complexity index is 645. The Morgan fingerprint density at radius 1 is 1.09 bits per heavy atom. The first-order chi connectivity index (χ1) is 11.3. The van der Waals surface area contributed by atoms with Gasteiger partial charge in [0, 0.05) is 38.1 Å². The van der Waals surface area contributed by atoms with Gasteiger partial charge in [0.05, 0.1) is 4.70 Å². The van der Waals surface area contributed by atoms with E-state index in [1.807, 2.05) is 0 Å². The Morgan fingerprint density at radius 2 is 1.87 bits per heavy atom. The largest absolute Gasteiger partial charge is 0.353 e. The highest BCUT2D eigenvalue weighted by atomic mass is 32.1. The van der Waals surface area contributed by atoms with Crippen LogP contribution in [0.3, 0.4) is 0 Å². The maximum Gasteiger partial charge on any atom is 0.150 e. The fourth-order valence-electron chi connectivity index (χ4n) is 4.24. The quantitative estimate of drug-likeness (QED) is 0.839. The highest BCUT2D eigenvalue weighted by molar-refractivity contribution is 7.13. The molecule has 2 fully saturated rings. The Labute approximate surface area is 143 Å². The Balaban J connectivity index is 1.37. The molecule has 3 nitrogen and oxygen atoms in total. The summed E-state index contributed by atoms with van der Waals surface area (Å²) in [4.78, 5) is 5.18. The van der Waals surface area contributed by atoms with Crippen molar-refractivity contribution in [2.45, 2.75) is 32.6 Å². The van der Waals surface area contributed by atoms with E-state index in [0.717, 1.165) is 24.9 Å². The van der Waals surface area contributed by atoms with Crippen LogP contribution in [0, 0.1) is 11.8 Å². The smallest absolute Gasteiger partial charge is 0.150 e. The maximum absolute atomic E-state index is 4.72. The molecule has 2 aromatic rings. The third kappa shape index (κ3) is 3.24. The lowest BCUT2D eigenvalue weighted by Gasteiger charge is -2.39. The van der Waals surface area contributed by atoms with Crippen LogP contribution in [0.15, 0.2) is 24.3 Å². The second kappa shape index (κ2) is 6.78. The highest BCUT2D eigenvalue weighted by Gasteiger charge is 2.26. The molecule has 1 saturated carbocycles. The van der Waals surface area contributed by atoms with Gasteiger partial charge >= 0.3 is 0 Å². The summed E-state index contributed by atoms with van der Waals surface area (Å²) in [6.45, 7) is 8.39. The maximum atomic E-state index is 4.72. The van der Waals surface area contributed by atoms with Crippen LogP contribution in [0.1, 0.15) is 32.6 Å². The van der Waals surface area contributed by atoms with Crippen molar-refractivity contribution in [3.05, 3.63) is 24.3 Å². The number of aromatic nitrogens is 1. The van der Waals surface area contributed by atoms with Crippen molar-refractivity contribution < 1.29 is 0 Å². The molecule has 2 heterocycles. The number of rotatable bonds is 3. The van der Waals surface area contributed by atoms with E-state index in [4.69, 9.17) is 4.37 Å². The van der Waals surface area contributed by atoms with Gasteiger partial charge < -0.3 is 4.90 Å². The lowest BCUT2D eigenvalue weighted by molar-refractivity contribution is 0.154. The summed E-state index contributed by atoms with van der Waals surface area (Å²) >= 11 is 1.63. The molecule has 0 amide bonds. The molecule has 1 aliphatic carbocycles. The zero-order chi connectivity index (χ0) is 15.6. The average Bonchev–Trinajstić information content (AvgIpc) is 3.02. The second-order valence-corrected chi connectivity index (χ2v) is 8.12. The minimum absolute atomic E-state index is 0.921. The first-order valence-electron chi connectivity index (χ1n) is 9.13. The van der Waals surface area contributed by atoms with Gasteiger partial charge in [-0.3, -0.25) is 4.90 Å². The predicted octanol–water partition coefficient (Wildman–Crippen LogP) is 4.24. The van der Waals surface area contributed by atoms with Gasteiger partial charge in [-0.25, -0.2) is 0 Å². The number of piperazine rings is 1. The molecule has 0 bridgehead atoms. The number of hydrogen-bond donors (Lipinski definition) is 0. The normalized spacial score (nSPS) is 26.7. The molecule has 1 aromatic heterocycles. The third-order valence-corrected chi connectivity index (χ3v) is 6.63. The molecule has 2 atom stereocenters. The Hall–Kier alpha value is -1.13. The van der Waals surface area contributed by atoms with Gasteiger partial charge in [-0.2, -0.15) is 4.37 Å². The number of hydrogen-bond acceptors (Lipinski definition) is 4. The Morgan fingerprint density at radius 3 is 2.70 bits per heavy atom. The van der Waals surface area contributed by atoms with Gasteiger partial charge in [-0.1, -0.05) is 38.3 Å². The highest BCUT2D eigenvalue weighted by Crippen LogP contribution is 2.32. The Kier molecular flexibility index (Phi) is 4.54. The van der Waals surface area contributed by atoms with E-state index >= 15 is 0 Å². The van der Waals surface area contributed by atoms with Crippen LogP contribution in [0.4, 0.5) is 5.82 Å². The predicted molar refractivity (Wildman–Crippen MR) is 99.4 cm³/mol. The third-order valence-electron chi connectivity index (χ3n) is 5.81. The summed E-state index contributed by atoms with van der Waals surface area (Å²) in [6, 6.07) is 8.62. The second-order valence-electron chi connectivity index (χ2n) is 7.31. The van der Waals surface area contributed by atoms with E-state index in [1.165, 1.54) is 61.2 Å². The molecule has 1 aromatic carbocycles. The number of nitrogens with zero attached hydrogens (tertiary/aromatic N) is 3. The van der Waals surface area contributed by atoms with Crippen molar-refractivity contribution in [2.24, 2.45) is 11.8 Å². The summed E-state index contributed by atoms with van der Waals surface area (Å²) in [5.74, 6) is 3.05. The SMILES string of the molecule is CC1CCCCC1CN1CCN(c2nsc3ccccc23)CC1. The molecule has 23 heavy (non-hydrogen) atoms. The minimum Gasteiger partial charge on any atom is -0.353 e. The van der Waals surface area contributed by atoms with Crippen LogP contribution < -0.4 is 4.90 Å². The van der Waals surface area contributed by atoms with Gasteiger partial charge in [-0.15, -0.1) is 0 Å². The van der Waals surface area contributed by atoms with Crippen LogP contribution in [0.5, 0.6) is 0 Å². The van der Waals surface area contributed by atoms with E-state index in [1.54, 1.807) is 11.5 Å². The van der Waals surface area contributed by atoms with Crippen LogP contribution in [0.2, 0.25) is 0 Å². The van der Waals surface area contributed by atoms with E-state index in [2.05, 4.69) is 41.0 Å². The summed E-state index contributed by atoms with van der Waals surface area (Å²) in [7, 11) is 0. The molecule has 0 radical (unpaired) electrons. The fraction of sp³-hybridized carbons (Fsp3) is 0.632. The summed E-state index contributed by atoms with van der Waals surface area (Å²) in [5, 5.41) is 1.33. The van der Waals surface area contributed by atoms with Crippen molar-refractivity contribution >= 4 is 27.4 Å². The molecule has 0 N–H and O–H groups in total. The topological polar surface area (TPSA) is 19.4 Å². The summed E-state index contributed by atoms with van der Waals surface area (Å²) in [6.07, 6.45) is 5.77. The lowest BCUT2D eigenvalue weighted by Crippen LogP contribution is -2.48. The first kappa shape index (κ1) is 15.4. The van der Waals surface area contributed by atoms with Crippen LogP contribution in [-0.2, 0) is 0 Å². The zero-order valence-electron chi connectivity index (χ0n) is 14.1. The molecule has 2 unspecified atom stereocenters. The van der Waals surface area contributed by atoms with Crippen molar-refractivity contribution in [2.75, 3.05) is 37.6 Å². The van der Waals surface area contributed by atoms with Gasteiger partial charge in [0.1, 0.15) is 5.82 Å². The molecule has 2 aliphatic rings. The molecule has 4 heteroatoms. The standard InChI is InChI=1S/C19H27N3S/c1-15-6-2-3-7-16(15)14-21-10-12-22(13-11-21)19-17-8-4-5-9-18(17)23-20-19/h4-5,8-9,15-16H,2-3,6-7,10-14H2,1H3. The molecule has 1 saturated heterocycles. The first-order valence-corrected chi connectivity index (χ1v) is 9.90. The molecule has 0 spiro atoms. The summed E-state index contributed by atoms with van der Waals surface area (Å²) < 4.78 is 6.03. The van der Waals surface area contributed by atoms with Gasteiger partial charge in [0.2, 0.25) is 0 Å². The molecule has 4 rings (SSSR count). The summed E-state index contributed by atoms with van der Waals surface area (Å²) in [5.41, 5.74) is 0. The van der Waals surface area contributed by atoms with Crippen LogP contribution >= 0.6 is 11.5 Å².